The van der Waals surface area contributed by atoms with E-state index in [1.54, 1.807) is 18.4 Å². The van der Waals surface area contributed by atoms with Gasteiger partial charge in [0.15, 0.2) is 0 Å². The summed E-state index contributed by atoms with van der Waals surface area (Å²) in [6.45, 7) is 2.33. The monoisotopic (exact) mass is 341 g/mol. The van der Waals surface area contributed by atoms with Crippen LogP contribution in [0.1, 0.15) is 23.5 Å². The second-order valence-electron chi connectivity index (χ2n) is 5.37. The van der Waals surface area contributed by atoms with Gasteiger partial charge in [-0.05, 0) is 25.1 Å². The molecule has 3 aromatic rings. The van der Waals surface area contributed by atoms with Gasteiger partial charge in [-0.15, -0.1) is 11.3 Å². The van der Waals surface area contributed by atoms with Gasteiger partial charge in [-0.25, -0.2) is 9.78 Å². The Kier molecular flexibility index (Phi) is 4.96. The van der Waals surface area contributed by atoms with E-state index in [2.05, 4.69) is 15.6 Å². The van der Waals surface area contributed by atoms with Crippen molar-refractivity contribution in [2.24, 2.45) is 0 Å². The van der Waals surface area contributed by atoms with E-state index in [1.807, 2.05) is 55.5 Å². The van der Waals surface area contributed by atoms with Crippen molar-refractivity contribution >= 4 is 27.6 Å². The Morgan fingerprint density at radius 3 is 2.75 bits per heavy atom. The third-order valence-corrected chi connectivity index (χ3v) is 4.73. The second-order valence-corrected chi connectivity index (χ2v) is 6.48. The summed E-state index contributed by atoms with van der Waals surface area (Å²) in [7, 11) is 1.62. The van der Waals surface area contributed by atoms with Gasteiger partial charge in [0.05, 0.1) is 29.9 Å². The maximum absolute atomic E-state index is 12.1. The van der Waals surface area contributed by atoms with Crippen LogP contribution in [0, 0.1) is 0 Å². The molecule has 0 saturated heterocycles. The van der Waals surface area contributed by atoms with E-state index >= 15 is 0 Å². The van der Waals surface area contributed by atoms with Crippen molar-refractivity contribution in [2.45, 2.75) is 19.5 Å². The van der Waals surface area contributed by atoms with Crippen molar-refractivity contribution < 1.29 is 9.53 Å². The number of nitrogens with one attached hydrogen (secondary N) is 2. The summed E-state index contributed by atoms with van der Waals surface area (Å²) < 4.78 is 6.45. The number of hydrogen-bond donors (Lipinski definition) is 2. The van der Waals surface area contributed by atoms with Crippen LogP contribution < -0.4 is 15.4 Å². The SMILES string of the molecule is COc1ccccc1[C@H](C)NC(=O)NCc1nc2ccccc2s1. The highest BCUT2D eigenvalue weighted by Gasteiger charge is 2.13. The van der Waals surface area contributed by atoms with Crippen LogP contribution in [0.4, 0.5) is 4.79 Å². The number of methoxy groups -OCH3 is 1. The predicted octanol–water partition coefficient (Wildman–Crippen LogP) is 3.87. The normalized spacial score (nSPS) is 11.9. The van der Waals surface area contributed by atoms with Crippen LogP contribution in [0.3, 0.4) is 0 Å². The molecule has 0 aliphatic rings. The van der Waals surface area contributed by atoms with Crippen LogP contribution in [0.25, 0.3) is 10.2 Å². The molecule has 2 N–H and O–H groups in total. The third kappa shape index (κ3) is 3.65. The molecule has 1 heterocycles. The van der Waals surface area contributed by atoms with Gasteiger partial charge >= 0.3 is 6.03 Å². The number of hydrogen-bond acceptors (Lipinski definition) is 4. The van der Waals surface area contributed by atoms with E-state index in [4.69, 9.17) is 4.74 Å². The molecule has 0 fully saturated rings. The third-order valence-electron chi connectivity index (χ3n) is 3.69. The van der Waals surface area contributed by atoms with E-state index in [1.165, 1.54) is 0 Å². The lowest BCUT2D eigenvalue weighted by Crippen LogP contribution is -2.36. The first-order valence-corrected chi connectivity index (χ1v) is 8.50. The van der Waals surface area contributed by atoms with Gasteiger partial charge in [-0.1, -0.05) is 30.3 Å². The van der Waals surface area contributed by atoms with Crippen LogP contribution in [0.2, 0.25) is 0 Å². The molecule has 24 heavy (non-hydrogen) atoms. The van der Waals surface area contributed by atoms with Crippen LogP contribution in [0.5, 0.6) is 5.75 Å². The zero-order valence-corrected chi connectivity index (χ0v) is 14.4. The molecule has 0 radical (unpaired) electrons. The summed E-state index contributed by atoms with van der Waals surface area (Å²) in [5.41, 5.74) is 1.90. The minimum Gasteiger partial charge on any atom is -0.496 e. The Morgan fingerprint density at radius 1 is 1.21 bits per heavy atom. The van der Waals surface area contributed by atoms with Crippen molar-refractivity contribution in [3.8, 4) is 5.75 Å². The highest BCUT2D eigenvalue weighted by atomic mass is 32.1. The summed E-state index contributed by atoms with van der Waals surface area (Å²) in [6, 6.07) is 15.2. The van der Waals surface area contributed by atoms with Crippen molar-refractivity contribution in [1.82, 2.24) is 15.6 Å². The highest BCUT2D eigenvalue weighted by Crippen LogP contribution is 2.24. The molecule has 2 amide bonds. The van der Waals surface area contributed by atoms with E-state index in [-0.39, 0.29) is 12.1 Å². The number of aromatic nitrogens is 1. The number of rotatable bonds is 5. The number of carbonyl (C=O) groups is 1. The molecule has 124 valence electrons. The van der Waals surface area contributed by atoms with Gasteiger partial charge in [0.1, 0.15) is 10.8 Å². The first-order valence-electron chi connectivity index (χ1n) is 7.69. The maximum atomic E-state index is 12.1. The number of thiazole rings is 1. The Morgan fingerprint density at radius 2 is 1.96 bits per heavy atom. The molecule has 0 bridgehead atoms. The number of nitrogens with zero attached hydrogens (tertiary/aromatic N) is 1. The van der Waals surface area contributed by atoms with Crippen molar-refractivity contribution in [3.63, 3.8) is 0 Å². The summed E-state index contributed by atoms with van der Waals surface area (Å²) in [4.78, 5) is 16.6. The lowest BCUT2D eigenvalue weighted by Gasteiger charge is -2.17. The van der Waals surface area contributed by atoms with E-state index in [9.17, 15) is 4.79 Å². The molecule has 1 atom stereocenters. The van der Waals surface area contributed by atoms with Crippen LogP contribution in [-0.2, 0) is 6.54 Å². The number of benzene rings is 2. The average molecular weight is 341 g/mol. The molecule has 0 aliphatic heterocycles. The molecule has 0 unspecified atom stereocenters. The lowest BCUT2D eigenvalue weighted by molar-refractivity contribution is 0.237. The summed E-state index contributed by atoms with van der Waals surface area (Å²) in [5, 5.41) is 6.66. The Labute approximate surface area is 144 Å². The molecule has 0 aliphatic carbocycles. The van der Waals surface area contributed by atoms with Gasteiger partial charge in [0.25, 0.3) is 0 Å². The van der Waals surface area contributed by atoms with Gasteiger partial charge < -0.3 is 15.4 Å². The Balaban J connectivity index is 1.59. The van der Waals surface area contributed by atoms with Crippen molar-refractivity contribution in [2.75, 3.05) is 7.11 Å². The first-order chi connectivity index (χ1) is 11.7. The van der Waals surface area contributed by atoms with Crippen LogP contribution in [0.15, 0.2) is 48.5 Å². The Bertz CT molecular complexity index is 814. The van der Waals surface area contributed by atoms with E-state index < -0.39 is 0 Å². The molecule has 0 spiro atoms. The minimum absolute atomic E-state index is 0.156. The number of urea groups is 1. The standard InChI is InChI=1S/C18H19N3O2S/c1-12(13-7-3-5-9-15(13)23-2)20-18(22)19-11-17-21-14-8-4-6-10-16(14)24-17/h3-10,12H,11H2,1-2H3,(H2,19,20,22)/t12-/m0/s1. The zero-order chi connectivity index (χ0) is 16.9. The number of para-hydroxylation sites is 2. The van der Waals surface area contributed by atoms with Crippen LogP contribution in [-0.4, -0.2) is 18.1 Å². The predicted molar refractivity (Wildman–Crippen MR) is 96.4 cm³/mol. The molecule has 5 nitrogen and oxygen atoms in total. The molecular weight excluding hydrogens is 322 g/mol. The summed E-state index contributed by atoms with van der Waals surface area (Å²) in [6.07, 6.45) is 0. The van der Waals surface area contributed by atoms with E-state index in [0.29, 0.717) is 6.54 Å². The zero-order valence-electron chi connectivity index (χ0n) is 13.6. The number of ether oxygens (including phenoxy) is 1. The lowest BCUT2D eigenvalue weighted by atomic mass is 10.1. The summed E-state index contributed by atoms with van der Waals surface area (Å²) >= 11 is 1.59. The quantitative estimate of drug-likeness (QED) is 0.740. The maximum Gasteiger partial charge on any atom is 0.315 e. The number of carbonyl (C=O) groups excluding carboxylic acids is 1. The van der Waals surface area contributed by atoms with Gasteiger partial charge in [0, 0.05) is 5.56 Å². The van der Waals surface area contributed by atoms with Crippen molar-refractivity contribution in [3.05, 3.63) is 59.1 Å². The number of amides is 2. The van der Waals surface area contributed by atoms with Gasteiger partial charge in [-0.3, -0.25) is 0 Å². The van der Waals surface area contributed by atoms with Crippen molar-refractivity contribution in [1.29, 1.82) is 0 Å². The fourth-order valence-corrected chi connectivity index (χ4v) is 3.41. The molecule has 6 heteroatoms. The highest BCUT2D eigenvalue weighted by molar-refractivity contribution is 7.18. The van der Waals surface area contributed by atoms with Crippen LogP contribution >= 0.6 is 11.3 Å². The van der Waals surface area contributed by atoms with E-state index in [0.717, 1.165) is 26.5 Å². The molecule has 0 saturated carbocycles. The summed E-state index contributed by atoms with van der Waals surface area (Å²) in [5.74, 6) is 0.761. The first kappa shape index (κ1) is 16.3. The fourth-order valence-electron chi connectivity index (χ4n) is 2.50. The van der Waals surface area contributed by atoms with Gasteiger partial charge in [-0.2, -0.15) is 0 Å². The number of fused-ring (bicyclic) bond motifs is 1. The fraction of sp³-hybridized carbons (Fsp3) is 0.222. The topological polar surface area (TPSA) is 63.2 Å². The average Bonchev–Trinajstić information content (AvgIpc) is 3.03. The largest absolute Gasteiger partial charge is 0.496 e. The van der Waals surface area contributed by atoms with Gasteiger partial charge in [0.2, 0.25) is 0 Å². The minimum atomic E-state index is -0.229. The molecule has 3 rings (SSSR count). The second kappa shape index (κ2) is 7.31. The Hall–Kier alpha value is -2.60. The molecule has 2 aromatic carbocycles. The smallest absolute Gasteiger partial charge is 0.315 e. The molecule has 1 aromatic heterocycles. The molecular formula is C18H19N3O2S.